The van der Waals surface area contributed by atoms with Gasteiger partial charge in [-0.2, -0.15) is 0 Å². The number of hydrogen-bond donors (Lipinski definition) is 1. The molecule has 0 aliphatic carbocycles. The van der Waals surface area contributed by atoms with E-state index in [1.807, 2.05) is 18.2 Å². The maximum absolute atomic E-state index is 11.5. The zero-order valence-corrected chi connectivity index (χ0v) is 13.9. The molecule has 0 saturated heterocycles. The molecule has 1 unspecified atom stereocenters. The van der Waals surface area contributed by atoms with Crippen molar-refractivity contribution in [3.63, 3.8) is 0 Å². The Bertz CT molecular complexity index is 498. The van der Waals surface area contributed by atoms with Crippen molar-refractivity contribution in [2.24, 2.45) is 0 Å². The number of aliphatic hydroxyl groups is 1. The molecule has 1 N–H and O–H groups in total. The molecule has 0 aromatic heterocycles. The van der Waals surface area contributed by atoms with E-state index >= 15 is 0 Å². The Morgan fingerprint density at radius 2 is 2.05 bits per heavy atom. The number of quaternary nitrogens is 1. The second-order valence-corrected chi connectivity index (χ2v) is 5.94. The van der Waals surface area contributed by atoms with Crippen LogP contribution in [0, 0.1) is 0 Å². The van der Waals surface area contributed by atoms with Crippen LogP contribution in [0.2, 0.25) is 0 Å². The summed E-state index contributed by atoms with van der Waals surface area (Å²) in [5.74, 6) is 0.104. The van der Waals surface area contributed by atoms with E-state index < -0.39 is 5.97 Å². The number of nitrogens with zero attached hydrogens (tertiary/aromatic N) is 1. The van der Waals surface area contributed by atoms with Crippen LogP contribution in [-0.4, -0.2) is 42.3 Å². The average molecular weight is 314 g/mol. The van der Waals surface area contributed by atoms with E-state index in [9.17, 15) is 9.90 Å². The molecular formula is C16H24ClNO3. The molecule has 0 aliphatic rings. The van der Waals surface area contributed by atoms with Crippen LogP contribution in [0.5, 0.6) is 5.75 Å². The van der Waals surface area contributed by atoms with Crippen molar-refractivity contribution in [2.45, 2.75) is 26.5 Å². The monoisotopic (exact) mass is 313 g/mol. The number of ether oxygens (including phenoxy) is 1. The van der Waals surface area contributed by atoms with Crippen molar-refractivity contribution in [1.29, 1.82) is 0 Å². The second-order valence-electron chi connectivity index (χ2n) is 5.94. The zero-order chi connectivity index (χ0) is 15.3. The fourth-order valence-corrected chi connectivity index (χ4v) is 2.18. The Morgan fingerprint density at radius 1 is 1.43 bits per heavy atom. The lowest BCUT2D eigenvalue weighted by Gasteiger charge is -2.31. The molecule has 1 aromatic carbocycles. The lowest BCUT2D eigenvalue weighted by atomic mass is 10.1. The number of benzene rings is 1. The number of carbonyl (C=O) groups excluding carboxylic acids is 1. The predicted octanol–water partition coefficient (Wildman–Crippen LogP) is -0.871. The van der Waals surface area contributed by atoms with Crippen LogP contribution in [0.1, 0.15) is 19.4 Å². The Morgan fingerprint density at radius 3 is 2.57 bits per heavy atom. The summed E-state index contributed by atoms with van der Waals surface area (Å²) >= 11 is 0. The SMILES string of the molecule is C=C(C)C(=O)Oc1cccc(C[N+](C)(C)CC(C)O)c1.[Cl-]. The van der Waals surface area contributed by atoms with Gasteiger partial charge in [-0.3, -0.25) is 0 Å². The predicted molar refractivity (Wildman–Crippen MR) is 79.3 cm³/mol. The fourth-order valence-electron chi connectivity index (χ4n) is 2.18. The number of carbonyl (C=O) groups is 1. The van der Waals surface area contributed by atoms with Crippen LogP contribution >= 0.6 is 0 Å². The van der Waals surface area contributed by atoms with Crippen molar-refractivity contribution in [3.8, 4) is 5.75 Å². The summed E-state index contributed by atoms with van der Waals surface area (Å²) in [5.41, 5.74) is 1.43. The Hall–Kier alpha value is -1.36. The minimum atomic E-state index is -0.417. The van der Waals surface area contributed by atoms with Crippen LogP contribution < -0.4 is 17.1 Å². The third-order valence-electron chi connectivity index (χ3n) is 2.83. The molecule has 0 bridgehead atoms. The first kappa shape index (κ1) is 19.6. The van der Waals surface area contributed by atoms with Crippen LogP contribution in [0.4, 0.5) is 0 Å². The maximum Gasteiger partial charge on any atom is 0.338 e. The molecule has 0 radical (unpaired) electrons. The molecule has 1 atom stereocenters. The van der Waals surface area contributed by atoms with E-state index in [2.05, 4.69) is 20.7 Å². The lowest BCUT2D eigenvalue weighted by Crippen LogP contribution is -3.00. The minimum Gasteiger partial charge on any atom is -1.00 e. The summed E-state index contributed by atoms with van der Waals surface area (Å²) in [7, 11) is 4.11. The van der Waals surface area contributed by atoms with Crippen molar-refractivity contribution in [1.82, 2.24) is 0 Å². The minimum absolute atomic E-state index is 0. The third-order valence-corrected chi connectivity index (χ3v) is 2.83. The Labute approximate surface area is 133 Å². The van der Waals surface area contributed by atoms with Crippen molar-refractivity contribution in [3.05, 3.63) is 42.0 Å². The van der Waals surface area contributed by atoms with Gasteiger partial charge in [0.1, 0.15) is 24.9 Å². The summed E-state index contributed by atoms with van der Waals surface area (Å²) in [4.78, 5) is 11.5. The van der Waals surface area contributed by atoms with E-state index in [1.165, 1.54) is 0 Å². The van der Waals surface area contributed by atoms with Gasteiger partial charge in [-0.1, -0.05) is 18.7 Å². The summed E-state index contributed by atoms with van der Waals surface area (Å²) in [6.45, 7) is 8.38. The third kappa shape index (κ3) is 7.27. The van der Waals surface area contributed by atoms with E-state index in [-0.39, 0.29) is 18.5 Å². The first-order valence-corrected chi connectivity index (χ1v) is 6.66. The molecule has 1 aromatic rings. The molecule has 118 valence electrons. The normalized spacial score (nSPS) is 12.2. The Balaban J connectivity index is 0.00000400. The second kappa shape index (κ2) is 8.17. The van der Waals surface area contributed by atoms with E-state index in [0.29, 0.717) is 22.4 Å². The van der Waals surface area contributed by atoms with Gasteiger partial charge in [0.2, 0.25) is 0 Å². The van der Waals surface area contributed by atoms with Gasteiger partial charge in [-0.25, -0.2) is 4.79 Å². The fraction of sp³-hybridized carbons (Fsp3) is 0.438. The van der Waals surface area contributed by atoms with Gasteiger partial charge in [0.25, 0.3) is 0 Å². The van der Waals surface area contributed by atoms with Crippen LogP contribution in [0.3, 0.4) is 0 Å². The van der Waals surface area contributed by atoms with Gasteiger partial charge in [0, 0.05) is 11.1 Å². The van der Waals surface area contributed by atoms with Gasteiger partial charge < -0.3 is 26.7 Å². The molecule has 0 spiro atoms. The van der Waals surface area contributed by atoms with Gasteiger partial charge in [-0.05, 0) is 26.0 Å². The lowest BCUT2D eigenvalue weighted by molar-refractivity contribution is -0.906. The highest BCUT2D eigenvalue weighted by atomic mass is 35.5. The van der Waals surface area contributed by atoms with Crippen molar-refractivity contribution in [2.75, 3.05) is 20.6 Å². The van der Waals surface area contributed by atoms with Gasteiger partial charge in [-0.15, -0.1) is 0 Å². The van der Waals surface area contributed by atoms with Gasteiger partial charge >= 0.3 is 5.97 Å². The molecule has 4 nitrogen and oxygen atoms in total. The molecule has 21 heavy (non-hydrogen) atoms. The van der Waals surface area contributed by atoms with E-state index in [4.69, 9.17) is 4.74 Å². The highest BCUT2D eigenvalue weighted by Gasteiger charge is 2.19. The Kier molecular flexibility index (Phi) is 7.64. The molecule has 0 fully saturated rings. The maximum atomic E-state index is 11.5. The number of hydrogen-bond acceptors (Lipinski definition) is 3. The largest absolute Gasteiger partial charge is 1.00 e. The quantitative estimate of drug-likeness (QED) is 0.321. The highest BCUT2D eigenvalue weighted by molar-refractivity contribution is 5.88. The first-order valence-electron chi connectivity index (χ1n) is 6.66. The number of halogens is 1. The molecule has 0 amide bonds. The average Bonchev–Trinajstić information content (AvgIpc) is 2.26. The number of likely N-dealkylation sites (N-methyl/N-ethyl adjacent to an activating group) is 1. The molecule has 0 heterocycles. The van der Waals surface area contributed by atoms with Crippen molar-refractivity contribution >= 4 is 5.97 Å². The number of rotatable bonds is 6. The topological polar surface area (TPSA) is 46.5 Å². The van der Waals surface area contributed by atoms with Gasteiger partial charge in [0.15, 0.2) is 0 Å². The molecule has 5 heteroatoms. The van der Waals surface area contributed by atoms with Crippen LogP contribution in [0.15, 0.2) is 36.4 Å². The standard InChI is InChI=1S/C16H24NO3.ClH/c1-12(2)16(19)20-15-8-6-7-14(9-15)11-17(4,5)10-13(3)18;/h6-9,13,18H,1,10-11H2,2-5H3;1H/q+1;/p-1. The van der Waals surface area contributed by atoms with E-state index in [1.54, 1.807) is 19.9 Å². The van der Waals surface area contributed by atoms with Crippen molar-refractivity contribution < 1.29 is 31.5 Å². The summed E-state index contributed by atoms with van der Waals surface area (Å²) in [6.07, 6.45) is -0.352. The zero-order valence-electron chi connectivity index (χ0n) is 13.1. The smallest absolute Gasteiger partial charge is 0.338 e. The molecular weight excluding hydrogens is 290 g/mol. The highest BCUT2D eigenvalue weighted by Crippen LogP contribution is 2.18. The summed E-state index contributed by atoms with van der Waals surface area (Å²) < 4.78 is 5.88. The number of aliphatic hydroxyl groups excluding tert-OH is 1. The molecule has 0 saturated carbocycles. The summed E-state index contributed by atoms with van der Waals surface area (Å²) in [6, 6.07) is 7.45. The van der Waals surface area contributed by atoms with Gasteiger partial charge in [0.05, 0.1) is 14.1 Å². The molecule has 1 rings (SSSR count). The first-order chi connectivity index (χ1) is 9.19. The van der Waals surface area contributed by atoms with Crippen LogP contribution in [0.25, 0.3) is 0 Å². The number of esters is 1. The summed E-state index contributed by atoms with van der Waals surface area (Å²) in [5, 5.41) is 9.51. The van der Waals surface area contributed by atoms with E-state index in [0.717, 1.165) is 12.1 Å². The molecule has 0 aliphatic heterocycles. The van der Waals surface area contributed by atoms with Crippen LogP contribution in [-0.2, 0) is 11.3 Å².